The largest absolute Gasteiger partial charge is 0.350 e. The molecule has 1 aliphatic carbocycles. The van der Waals surface area contributed by atoms with E-state index in [4.69, 9.17) is 0 Å². The molecule has 0 saturated heterocycles. The van der Waals surface area contributed by atoms with E-state index in [0.29, 0.717) is 12.0 Å². The zero-order valence-electron chi connectivity index (χ0n) is 11.4. The summed E-state index contributed by atoms with van der Waals surface area (Å²) in [5.41, 5.74) is 3.49. The molecule has 0 aliphatic heterocycles. The van der Waals surface area contributed by atoms with Crippen molar-refractivity contribution in [2.45, 2.75) is 39.7 Å². The lowest BCUT2D eigenvalue weighted by Crippen LogP contribution is -2.23. The van der Waals surface area contributed by atoms with Crippen LogP contribution in [0.1, 0.15) is 37.8 Å². The summed E-state index contributed by atoms with van der Waals surface area (Å²) in [6, 6.07) is 8.77. The molecule has 1 saturated carbocycles. The van der Waals surface area contributed by atoms with Gasteiger partial charge in [0.1, 0.15) is 0 Å². The molecule has 1 aromatic carbocycles. The maximum Gasteiger partial charge on any atom is 0.244 e. The van der Waals surface area contributed by atoms with E-state index in [9.17, 15) is 4.79 Å². The Morgan fingerprint density at radius 3 is 2.39 bits per heavy atom. The fourth-order valence-corrected chi connectivity index (χ4v) is 1.94. The van der Waals surface area contributed by atoms with Crippen molar-refractivity contribution in [3.05, 3.63) is 41.5 Å². The van der Waals surface area contributed by atoms with E-state index in [1.807, 2.05) is 0 Å². The highest BCUT2D eigenvalue weighted by molar-refractivity contribution is 5.95. The topological polar surface area (TPSA) is 29.1 Å². The van der Waals surface area contributed by atoms with Crippen LogP contribution in [0.3, 0.4) is 0 Å². The van der Waals surface area contributed by atoms with Crippen LogP contribution in [-0.4, -0.2) is 11.9 Å². The molecule has 2 rings (SSSR count). The SMILES string of the molecule is Cc1ccc(/C(=C/C(=O)NC2CC2)C(C)C)cc1. The van der Waals surface area contributed by atoms with Crippen molar-refractivity contribution in [3.63, 3.8) is 0 Å². The van der Waals surface area contributed by atoms with E-state index < -0.39 is 0 Å². The van der Waals surface area contributed by atoms with Crippen molar-refractivity contribution >= 4 is 11.5 Å². The number of rotatable bonds is 4. The van der Waals surface area contributed by atoms with Gasteiger partial charge in [0.2, 0.25) is 5.91 Å². The van der Waals surface area contributed by atoms with Crippen LogP contribution in [0.25, 0.3) is 5.57 Å². The molecule has 1 fully saturated rings. The molecule has 1 N–H and O–H groups in total. The summed E-state index contributed by atoms with van der Waals surface area (Å²) in [7, 11) is 0. The first-order valence-corrected chi connectivity index (χ1v) is 6.65. The van der Waals surface area contributed by atoms with Gasteiger partial charge in [-0.2, -0.15) is 0 Å². The van der Waals surface area contributed by atoms with Gasteiger partial charge in [0.25, 0.3) is 0 Å². The zero-order chi connectivity index (χ0) is 13.1. The lowest BCUT2D eigenvalue weighted by molar-refractivity contribution is -0.116. The Balaban J connectivity index is 2.18. The van der Waals surface area contributed by atoms with Crippen LogP contribution >= 0.6 is 0 Å². The third-order valence-corrected chi connectivity index (χ3v) is 3.22. The molecule has 0 radical (unpaired) electrons. The van der Waals surface area contributed by atoms with Crippen LogP contribution in [0.5, 0.6) is 0 Å². The first-order chi connectivity index (χ1) is 8.56. The highest BCUT2D eigenvalue weighted by Gasteiger charge is 2.22. The second-order valence-corrected chi connectivity index (χ2v) is 5.40. The van der Waals surface area contributed by atoms with Crippen LogP contribution in [0.4, 0.5) is 0 Å². The number of nitrogens with one attached hydrogen (secondary N) is 1. The van der Waals surface area contributed by atoms with Gasteiger partial charge in [-0.15, -0.1) is 0 Å². The standard InChI is InChI=1S/C16H21NO/c1-11(2)15(10-16(18)17-14-8-9-14)13-6-4-12(3)5-7-13/h4-7,10-11,14H,8-9H2,1-3H3,(H,17,18)/b15-10+. The number of hydrogen-bond donors (Lipinski definition) is 1. The predicted octanol–water partition coefficient (Wildman–Crippen LogP) is 3.31. The molecular formula is C16H21NO. The highest BCUT2D eigenvalue weighted by atomic mass is 16.1. The van der Waals surface area contributed by atoms with Crippen LogP contribution in [0.15, 0.2) is 30.3 Å². The maximum absolute atomic E-state index is 11.9. The lowest BCUT2D eigenvalue weighted by atomic mass is 9.94. The van der Waals surface area contributed by atoms with Crippen molar-refractivity contribution in [3.8, 4) is 0 Å². The second-order valence-electron chi connectivity index (χ2n) is 5.40. The summed E-state index contributed by atoms with van der Waals surface area (Å²) in [5.74, 6) is 0.388. The molecular weight excluding hydrogens is 222 g/mol. The van der Waals surface area contributed by atoms with Gasteiger partial charge in [0.15, 0.2) is 0 Å². The van der Waals surface area contributed by atoms with E-state index in [1.165, 1.54) is 5.56 Å². The van der Waals surface area contributed by atoms with Crippen molar-refractivity contribution in [1.29, 1.82) is 0 Å². The summed E-state index contributed by atoms with van der Waals surface area (Å²) >= 11 is 0. The van der Waals surface area contributed by atoms with Crippen LogP contribution in [-0.2, 0) is 4.79 Å². The van der Waals surface area contributed by atoms with Gasteiger partial charge in [-0.3, -0.25) is 4.79 Å². The van der Waals surface area contributed by atoms with Gasteiger partial charge in [-0.1, -0.05) is 43.7 Å². The molecule has 2 heteroatoms. The molecule has 0 heterocycles. The van der Waals surface area contributed by atoms with Gasteiger partial charge in [0.05, 0.1) is 0 Å². The Morgan fingerprint density at radius 1 is 1.28 bits per heavy atom. The third kappa shape index (κ3) is 3.46. The number of hydrogen-bond acceptors (Lipinski definition) is 1. The van der Waals surface area contributed by atoms with Gasteiger partial charge in [-0.25, -0.2) is 0 Å². The van der Waals surface area contributed by atoms with Gasteiger partial charge >= 0.3 is 0 Å². The molecule has 0 aromatic heterocycles. The molecule has 1 aromatic rings. The Labute approximate surface area is 109 Å². The number of carbonyl (C=O) groups is 1. The maximum atomic E-state index is 11.9. The summed E-state index contributed by atoms with van der Waals surface area (Å²) in [5, 5.41) is 3.01. The van der Waals surface area contributed by atoms with Crippen LogP contribution in [0, 0.1) is 12.8 Å². The van der Waals surface area contributed by atoms with E-state index in [1.54, 1.807) is 6.08 Å². The fourth-order valence-electron chi connectivity index (χ4n) is 1.94. The highest BCUT2D eigenvalue weighted by Crippen LogP contribution is 2.24. The van der Waals surface area contributed by atoms with Crippen molar-refractivity contribution in [2.24, 2.45) is 5.92 Å². The lowest BCUT2D eigenvalue weighted by Gasteiger charge is -2.12. The smallest absolute Gasteiger partial charge is 0.244 e. The van der Waals surface area contributed by atoms with E-state index >= 15 is 0 Å². The summed E-state index contributed by atoms with van der Waals surface area (Å²) in [6.07, 6.45) is 4.01. The number of carbonyl (C=O) groups excluding carboxylic acids is 1. The Hall–Kier alpha value is -1.57. The second kappa shape index (κ2) is 5.38. The normalized spacial score (nSPS) is 15.9. The predicted molar refractivity (Wildman–Crippen MR) is 75.2 cm³/mol. The minimum absolute atomic E-state index is 0.0433. The molecule has 2 nitrogen and oxygen atoms in total. The Kier molecular flexibility index (Phi) is 3.85. The summed E-state index contributed by atoms with van der Waals surface area (Å²) in [4.78, 5) is 11.9. The third-order valence-electron chi connectivity index (χ3n) is 3.22. The molecule has 1 aliphatic rings. The molecule has 0 atom stereocenters. The first kappa shape index (κ1) is 12.9. The monoisotopic (exact) mass is 243 g/mol. The van der Waals surface area contributed by atoms with Crippen LogP contribution in [0.2, 0.25) is 0 Å². The van der Waals surface area contributed by atoms with Gasteiger partial charge in [-0.05, 0) is 36.8 Å². The Bertz CT molecular complexity index is 452. The van der Waals surface area contributed by atoms with Crippen LogP contribution < -0.4 is 5.32 Å². The minimum atomic E-state index is 0.0433. The average Bonchev–Trinajstić information content (AvgIpc) is 3.11. The number of benzene rings is 1. The van der Waals surface area contributed by atoms with Crippen molar-refractivity contribution in [1.82, 2.24) is 5.32 Å². The molecule has 96 valence electrons. The molecule has 0 unspecified atom stereocenters. The molecule has 1 amide bonds. The van der Waals surface area contributed by atoms with Gasteiger partial charge in [0, 0.05) is 12.1 Å². The van der Waals surface area contributed by atoms with Crippen molar-refractivity contribution < 1.29 is 4.79 Å². The Morgan fingerprint density at radius 2 is 1.89 bits per heavy atom. The summed E-state index contributed by atoms with van der Waals surface area (Å²) in [6.45, 7) is 6.31. The zero-order valence-corrected chi connectivity index (χ0v) is 11.4. The molecule has 18 heavy (non-hydrogen) atoms. The first-order valence-electron chi connectivity index (χ1n) is 6.65. The van der Waals surface area contributed by atoms with Crippen molar-refractivity contribution in [2.75, 3.05) is 0 Å². The fraction of sp³-hybridized carbons (Fsp3) is 0.438. The van der Waals surface area contributed by atoms with E-state index in [2.05, 4.69) is 50.4 Å². The number of allylic oxidation sites excluding steroid dienone is 1. The van der Waals surface area contributed by atoms with Gasteiger partial charge < -0.3 is 5.32 Å². The number of amides is 1. The van der Waals surface area contributed by atoms with E-state index in [-0.39, 0.29) is 5.91 Å². The quantitative estimate of drug-likeness (QED) is 0.808. The molecule has 0 bridgehead atoms. The molecule has 0 spiro atoms. The number of aryl methyl sites for hydroxylation is 1. The minimum Gasteiger partial charge on any atom is -0.350 e. The van der Waals surface area contributed by atoms with E-state index in [0.717, 1.165) is 24.0 Å². The average molecular weight is 243 g/mol. The summed E-state index contributed by atoms with van der Waals surface area (Å²) < 4.78 is 0.